The summed E-state index contributed by atoms with van der Waals surface area (Å²) in [5.74, 6) is 1.08. The molecule has 40 heavy (non-hydrogen) atoms. The van der Waals surface area contributed by atoms with E-state index in [9.17, 15) is 9.59 Å². The van der Waals surface area contributed by atoms with Gasteiger partial charge in [-0.25, -0.2) is 14.3 Å². The lowest BCUT2D eigenvalue weighted by Crippen LogP contribution is -2.54. The first kappa shape index (κ1) is 28.1. The summed E-state index contributed by atoms with van der Waals surface area (Å²) in [6.07, 6.45) is 3.84. The molecule has 0 aliphatic carbocycles. The summed E-state index contributed by atoms with van der Waals surface area (Å²) in [5.41, 5.74) is 3.10. The number of carbonyl (C=O) groups is 1. The normalized spacial score (nSPS) is 19.5. The molecule has 2 saturated heterocycles. The van der Waals surface area contributed by atoms with Gasteiger partial charge < -0.3 is 19.4 Å². The Labute approximate surface area is 240 Å². The Bertz CT molecular complexity index is 1480. The molecule has 9 nitrogen and oxygen atoms in total. The highest BCUT2D eigenvalue weighted by Crippen LogP contribution is 2.36. The van der Waals surface area contributed by atoms with E-state index in [-0.39, 0.29) is 23.7 Å². The summed E-state index contributed by atoms with van der Waals surface area (Å²) in [7, 11) is 1.72. The fourth-order valence-corrected chi connectivity index (χ4v) is 6.23. The quantitative estimate of drug-likeness (QED) is 0.401. The van der Waals surface area contributed by atoms with Crippen LogP contribution in [0.2, 0.25) is 5.02 Å². The van der Waals surface area contributed by atoms with E-state index in [1.165, 1.54) is 6.08 Å². The lowest BCUT2D eigenvalue weighted by Gasteiger charge is -2.40. The second-order valence-electron chi connectivity index (χ2n) is 10.5. The maximum Gasteiger partial charge on any atom is 0.355 e. The van der Waals surface area contributed by atoms with Gasteiger partial charge in [0.2, 0.25) is 5.91 Å². The number of hydrogen-bond donors (Lipinski definition) is 0. The monoisotopic (exact) mass is 564 g/mol. The molecule has 2 atom stereocenters. The second kappa shape index (κ2) is 11.6. The highest BCUT2D eigenvalue weighted by molar-refractivity contribution is 6.33. The zero-order chi connectivity index (χ0) is 28.6. The molecule has 2 aliphatic heterocycles. The summed E-state index contributed by atoms with van der Waals surface area (Å²) in [6.45, 7) is 12.8. The lowest BCUT2D eigenvalue weighted by molar-refractivity contribution is -0.126. The Hall–Kier alpha value is -3.43. The molecule has 2 fully saturated rings. The standard InChI is InChI=1S/C30H37ClN6O3/c1-6-20-10-9-11-21(7-2)26(20)37-28-23(16-24(31)29(32-28)35-13-12-22(18-35)40-5)27(33-30(37)39)36-15-14-34(17-19(36)4)25(38)8-3/h8-11,16,19,22H,3,6-7,12-15,17-18H2,1-2,4-5H3/t19-,22+/m0/s1. The van der Waals surface area contributed by atoms with Crippen molar-refractivity contribution in [1.29, 1.82) is 0 Å². The maximum absolute atomic E-state index is 14.0. The molecule has 2 aliphatic rings. The minimum absolute atomic E-state index is 0.0720. The largest absolute Gasteiger partial charge is 0.380 e. The zero-order valence-electron chi connectivity index (χ0n) is 23.7. The summed E-state index contributed by atoms with van der Waals surface area (Å²) in [6, 6.07) is 7.97. The molecule has 0 N–H and O–H groups in total. The number of nitrogens with zero attached hydrogens (tertiary/aromatic N) is 6. The summed E-state index contributed by atoms with van der Waals surface area (Å²) in [5, 5.41) is 1.21. The third-order valence-electron chi connectivity index (χ3n) is 8.14. The van der Waals surface area contributed by atoms with Crippen molar-refractivity contribution in [2.75, 3.05) is 49.6 Å². The molecule has 1 amide bonds. The number of amides is 1. The first-order valence-electron chi connectivity index (χ1n) is 14.0. The topological polar surface area (TPSA) is 83.8 Å². The van der Waals surface area contributed by atoms with Gasteiger partial charge in [-0.2, -0.15) is 4.98 Å². The molecule has 0 bridgehead atoms. The Balaban J connectivity index is 1.74. The Morgan fingerprint density at radius 1 is 1.12 bits per heavy atom. The number of pyridine rings is 1. The Kier molecular flexibility index (Phi) is 8.14. The molecule has 0 radical (unpaired) electrons. The van der Waals surface area contributed by atoms with Crippen molar-refractivity contribution in [1.82, 2.24) is 19.4 Å². The van der Waals surface area contributed by atoms with Gasteiger partial charge >= 0.3 is 5.69 Å². The van der Waals surface area contributed by atoms with Gasteiger partial charge in [0.15, 0.2) is 5.65 Å². The summed E-state index contributed by atoms with van der Waals surface area (Å²) >= 11 is 6.92. The van der Waals surface area contributed by atoms with Crippen molar-refractivity contribution in [3.63, 3.8) is 0 Å². The van der Waals surface area contributed by atoms with Crippen molar-refractivity contribution in [3.8, 4) is 5.69 Å². The number of piperazine rings is 1. The minimum atomic E-state index is -0.383. The van der Waals surface area contributed by atoms with Gasteiger partial charge in [-0.05, 0) is 49.5 Å². The third-order valence-corrected chi connectivity index (χ3v) is 8.41. The Morgan fingerprint density at radius 3 is 2.45 bits per heavy atom. The second-order valence-corrected chi connectivity index (χ2v) is 10.9. The predicted molar refractivity (Wildman–Crippen MR) is 160 cm³/mol. The van der Waals surface area contributed by atoms with Crippen LogP contribution in [0.15, 0.2) is 41.7 Å². The van der Waals surface area contributed by atoms with Crippen LogP contribution in [0.25, 0.3) is 16.7 Å². The number of rotatable bonds is 7. The van der Waals surface area contributed by atoms with Crippen molar-refractivity contribution in [2.45, 2.75) is 52.2 Å². The van der Waals surface area contributed by atoms with Crippen molar-refractivity contribution in [3.05, 3.63) is 63.6 Å². The van der Waals surface area contributed by atoms with Crippen molar-refractivity contribution >= 4 is 40.2 Å². The number of methoxy groups -OCH3 is 1. The molecule has 0 saturated carbocycles. The van der Waals surface area contributed by atoms with Crippen molar-refractivity contribution < 1.29 is 9.53 Å². The number of halogens is 1. The van der Waals surface area contributed by atoms with E-state index in [2.05, 4.69) is 47.3 Å². The number of fused-ring (bicyclic) bond motifs is 1. The molecule has 2 aromatic heterocycles. The molecule has 3 aromatic rings. The third kappa shape index (κ3) is 4.97. The minimum Gasteiger partial charge on any atom is -0.380 e. The van der Waals surface area contributed by atoms with Gasteiger partial charge in [0.25, 0.3) is 0 Å². The van der Waals surface area contributed by atoms with E-state index in [4.69, 9.17) is 21.3 Å². The number of anilines is 2. The van der Waals surface area contributed by atoms with Crippen molar-refractivity contribution in [2.24, 2.45) is 0 Å². The van der Waals surface area contributed by atoms with E-state index in [1.54, 1.807) is 16.6 Å². The van der Waals surface area contributed by atoms with Crippen LogP contribution in [0, 0.1) is 0 Å². The summed E-state index contributed by atoms with van der Waals surface area (Å²) < 4.78 is 7.26. The number of ether oxygens (including phenoxy) is 1. The van der Waals surface area contributed by atoms with E-state index in [0.29, 0.717) is 53.9 Å². The molecular formula is C30H37ClN6O3. The molecule has 4 heterocycles. The van der Waals surface area contributed by atoms with Crippen LogP contribution in [0.5, 0.6) is 0 Å². The fourth-order valence-electron chi connectivity index (χ4n) is 5.96. The van der Waals surface area contributed by atoms with Crippen LogP contribution >= 0.6 is 11.6 Å². The van der Waals surface area contributed by atoms with Gasteiger partial charge in [0.05, 0.1) is 22.2 Å². The molecule has 10 heteroatoms. The zero-order valence-corrected chi connectivity index (χ0v) is 24.4. The first-order valence-corrected chi connectivity index (χ1v) is 14.4. The SMILES string of the molecule is C=CC(=O)N1CCN(c2nc(=O)n(-c3c(CC)cccc3CC)c3nc(N4CC[C@@H](OC)C4)c(Cl)cc23)[C@@H](C)C1. The Morgan fingerprint density at radius 2 is 1.85 bits per heavy atom. The number of aryl methyl sites for hydroxylation is 2. The smallest absolute Gasteiger partial charge is 0.355 e. The number of para-hydroxylation sites is 1. The van der Waals surface area contributed by atoms with E-state index >= 15 is 0 Å². The van der Waals surface area contributed by atoms with Gasteiger partial charge in [0, 0.05) is 45.9 Å². The van der Waals surface area contributed by atoms with Crippen LogP contribution in [-0.4, -0.2) is 77.3 Å². The van der Waals surface area contributed by atoms with E-state index < -0.39 is 0 Å². The molecule has 0 unspecified atom stereocenters. The van der Waals surface area contributed by atoms with Crippen LogP contribution in [0.4, 0.5) is 11.6 Å². The van der Waals surface area contributed by atoms with Gasteiger partial charge in [-0.1, -0.05) is 50.2 Å². The van der Waals surface area contributed by atoms with Gasteiger partial charge in [-0.3, -0.25) is 4.79 Å². The molecule has 5 rings (SSSR count). The lowest BCUT2D eigenvalue weighted by atomic mass is 10.0. The van der Waals surface area contributed by atoms with Gasteiger partial charge in [0.1, 0.15) is 11.6 Å². The average Bonchev–Trinajstić information content (AvgIpc) is 3.45. The number of hydrogen-bond acceptors (Lipinski definition) is 7. The van der Waals surface area contributed by atoms with Gasteiger partial charge in [-0.15, -0.1) is 0 Å². The van der Waals surface area contributed by atoms with Crippen LogP contribution in [0.1, 0.15) is 38.3 Å². The van der Waals surface area contributed by atoms with E-state index in [0.717, 1.165) is 42.6 Å². The van der Waals surface area contributed by atoms with Crippen LogP contribution in [0.3, 0.4) is 0 Å². The fraction of sp³-hybridized carbons (Fsp3) is 0.467. The molecular weight excluding hydrogens is 528 g/mol. The van der Waals surface area contributed by atoms with Crippen LogP contribution < -0.4 is 15.5 Å². The summed E-state index contributed by atoms with van der Waals surface area (Å²) in [4.78, 5) is 42.0. The average molecular weight is 565 g/mol. The molecule has 0 spiro atoms. The first-order chi connectivity index (χ1) is 19.3. The molecule has 1 aromatic carbocycles. The number of carbonyl (C=O) groups excluding carboxylic acids is 1. The number of benzene rings is 1. The highest BCUT2D eigenvalue weighted by Gasteiger charge is 2.31. The predicted octanol–water partition coefficient (Wildman–Crippen LogP) is 4.01. The van der Waals surface area contributed by atoms with Crippen LogP contribution in [-0.2, 0) is 22.4 Å². The number of aromatic nitrogens is 3. The van der Waals surface area contributed by atoms with E-state index in [1.807, 2.05) is 19.1 Å². The highest BCUT2D eigenvalue weighted by atomic mass is 35.5. The maximum atomic E-state index is 14.0. The molecule has 212 valence electrons.